The molecule has 1 saturated heterocycles. The van der Waals surface area contributed by atoms with E-state index >= 15 is 0 Å². The molecule has 5 rings (SSSR count). The van der Waals surface area contributed by atoms with Crippen LogP contribution in [0.2, 0.25) is 0 Å². The van der Waals surface area contributed by atoms with E-state index in [-0.39, 0.29) is 17.1 Å². The van der Waals surface area contributed by atoms with Gasteiger partial charge in [-0.2, -0.15) is 0 Å². The summed E-state index contributed by atoms with van der Waals surface area (Å²) in [5, 5.41) is 7.59. The van der Waals surface area contributed by atoms with Gasteiger partial charge < -0.3 is 20.1 Å². The second-order valence-corrected chi connectivity index (χ2v) is 9.94. The summed E-state index contributed by atoms with van der Waals surface area (Å²) in [6.07, 6.45) is 7.39. The van der Waals surface area contributed by atoms with Crippen molar-refractivity contribution in [2.24, 2.45) is 16.3 Å². The third kappa shape index (κ3) is 3.22. The van der Waals surface area contributed by atoms with Crippen LogP contribution in [0.5, 0.6) is 5.75 Å². The zero-order chi connectivity index (χ0) is 20.1. The molecule has 3 fully saturated rings. The maximum atomic E-state index is 6.54. The number of fused-ring (bicyclic) bond motifs is 2. The van der Waals surface area contributed by atoms with Gasteiger partial charge in [-0.3, -0.25) is 4.99 Å². The predicted octanol–water partition coefficient (Wildman–Crippen LogP) is 4.19. The molecule has 2 saturated carbocycles. The molecule has 1 aromatic rings. The van der Waals surface area contributed by atoms with Gasteiger partial charge in [0, 0.05) is 42.5 Å². The first-order chi connectivity index (χ1) is 14.0. The highest BCUT2D eigenvalue weighted by Crippen LogP contribution is 2.52. The number of guanidine groups is 1. The lowest BCUT2D eigenvalue weighted by Crippen LogP contribution is -2.68. The van der Waals surface area contributed by atoms with Crippen LogP contribution in [0, 0.1) is 11.3 Å². The summed E-state index contributed by atoms with van der Waals surface area (Å²) in [5.41, 5.74) is 1.38. The average molecular weight is 398 g/mol. The van der Waals surface area contributed by atoms with E-state index in [4.69, 9.17) is 14.5 Å². The van der Waals surface area contributed by atoms with Crippen molar-refractivity contribution in [1.82, 2.24) is 10.6 Å². The van der Waals surface area contributed by atoms with Gasteiger partial charge >= 0.3 is 0 Å². The Balaban J connectivity index is 1.37. The molecule has 158 valence electrons. The summed E-state index contributed by atoms with van der Waals surface area (Å²) in [5.74, 6) is 2.57. The minimum absolute atomic E-state index is 0.0104. The van der Waals surface area contributed by atoms with Crippen LogP contribution in [0.1, 0.15) is 70.9 Å². The number of rotatable bonds is 3. The molecule has 29 heavy (non-hydrogen) atoms. The lowest BCUT2D eigenvalue weighted by molar-refractivity contribution is -0.107. The van der Waals surface area contributed by atoms with Crippen molar-refractivity contribution >= 4 is 5.96 Å². The molecule has 0 bridgehead atoms. The zero-order valence-corrected chi connectivity index (χ0v) is 18.0. The van der Waals surface area contributed by atoms with Crippen molar-refractivity contribution in [3.63, 3.8) is 0 Å². The van der Waals surface area contributed by atoms with Gasteiger partial charge in [0.25, 0.3) is 0 Å². The van der Waals surface area contributed by atoms with Gasteiger partial charge in [-0.05, 0) is 45.1 Å². The van der Waals surface area contributed by atoms with Gasteiger partial charge in [-0.1, -0.05) is 32.0 Å². The fourth-order valence-electron chi connectivity index (χ4n) is 6.29. The van der Waals surface area contributed by atoms with Crippen LogP contribution in [-0.2, 0) is 4.74 Å². The van der Waals surface area contributed by atoms with Crippen LogP contribution in [0.4, 0.5) is 0 Å². The lowest BCUT2D eigenvalue weighted by atomic mass is 9.57. The van der Waals surface area contributed by atoms with Crippen molar-refractivity contribution in [3.8, 4) is 5.75 Å². The quantitative estimate of drug-likeness (QED) is 0.593. The molecule has 1 aromatic carbocycles. The topological polar surface area (TPSA) is 54.9 Å². The molecular weight excluding hydrogens is 362 g/mol. The summed E-state index contributed by atoms with van der Waals surface area (Å²) >= 11 is 0. The molecule has 0 radical (unpaired) electrons. The molecule has 2 aliphatic heterocycles. The zero-order valence-electron chi connectivity index (χ0n) is 18.0. The number of benzene rings is 1. The van der Waals surface area contributed by atoms with E-state index in [1.165, 1.54) is 18.4 Å². The van der Waals surface area contributed by atoms with Gasteiger partial charge in [-0.25, -0.2) is 0 Å². The van der Waals surface area contributed by atoms with E-state index < -0.39 is 0 Å². The van der Waals surface area contributed by atoms with Crippen molar-refractivity contribution in [2.45, 2.75) is 83.1 Å². The number of hydrogen-bond donors (Lipinski definition) is 2. The number of ether oxygens (including phenoxy) is 2. The van der Waals surface area contributed by atoms with E-state index in [1.807, 2.05) is 0 Å². The SMILES string of the molecule is CCN=C(NC1CC2(CCCC2)Oc2ccccc21)NC1C2CCOC2C1(C)C. The number of nitrogens with one attached hydrogen (secondary N) is 2. The van der Waals surface area contributed by atoms with Crippen LogP contribution in [0.15, 0.2) is 29.3 Å². The highest BCUT2D eigenvalue weighted by Gasteiger charge is 2.59. The monoisotopic (exact) mass is 397 g/mol. The normalized spacial score (nSPS) is 34.1. The second kappa shape index (κ2) is 7.19. The molecule has 4 atom stereocenters. The Morgan fingerprint density at radius 2 is 1.97 bits per heavy atom. The largest absolute Gasteiger partial charge is 0.487 e. The number of nitrogens with zero attached hydrogens (tertiary/aromatic N) is 1. The summed E-state index contributed by atoms with van der Waals surface area (Å²) in [4.78, 5) is 4.82. The van der Waals surface area contributed by atoms with Crippen LogP contribution in [0.3, 0.4) is 0 Å². The Morgan fingerprint density at radius 3 is 2.76 bits per heavy atom. The smallest absolute Gasteiger partial charge is 0.191 e. The summed E-state index contributed by atoms with van der Waals surface area (Å²) in [6, 6.07) is 9.16. The fourth-order valence-corrected chi connectivity index (χ4v) is 6.29. The van der Waals surface area contributed by atoms with Gasteiger partial charge in [0.1, 0.15) is 11.4 Å². The molecule has 2 N–H and O–H groups in total. The minimum atomic E-state index is -0.0104. The van der Waals surface area contributed by atoms with Crippen LogP contribution in [-0.4, -0.2) is 36.9 Å². The van der Waals surface area contributed by atoms with Gasteiger partial charge in [0.2, 0.25) is 0 Å². The number of para-hydroxylation sites is 1. The van der Waals surface area contributed by atoms with E-state index in [1.54, 1.807) is 0 Å². The molecule has 1 spiro atoms. The molecule has 2 heterocycles. The Hall–Kier alpha value is -1.75. The van der Waals surface area contributed by atoms with Crippen LogP contribution < -0.4 is 15.4 Å². The van der Waals surface area contributed by atoms with E-state index in [0.29, 0.717) is 18.1 Å². The predicted molar refractivity (Wildman–Crippen MR) is 115 cm³/mol. The van der Waals surface area contributed by atoms with E-state index in [0.717, 1.165) is 50.5 Å². The Kier molecular flexibility index (Phi) is 4.77. The molecule has 2 aliphatic carbocycles. The molecule has 4 aliphatic rings. The number of hydrogen-bond acceptors (Lipinski definition) is 3. The third-order valence-electron chi connectivity index (χ3n) is 7.73. The van der Waals surface area contributed by atoms with Gasteiger partial charge in [0.05, 0.1) is 12.1 Å². The molecular formula is C24H35N3O2. The number of aliphatic imine (C=N–C) groups is 1. The first kappa shape index (κ1) is 19.2. The van der Waals surface area contributed by atoms with Gasteiger partial charge in [0.15, 0.2) is 5.96 Å². The van der Waals surface area contributed by atoms with Crippen molar-refractivity contribution in [1.29, 1.82) is 0 Å². The summed E-state index contributed by atoms with van der Waals surface area (Å²) in [6.45, 7) is 8.40. The first-order valence-electron chi connectivity index (χ1n) is 11.5. The first-order valence-corrected chi connectivity index (χ1v) is 11.5. The van der Waals surface area contributed by atoms with Crippen LogP contribution >= 0.6 is 0 Å². The van der Waals surface area contributed by atoms with E-state index in [9.17, 15) is 0 Å². The maximum Gasteiger partial charge on any atom is 0.191 e. The summed E-state index contributed by atoms with van der Waals surface area (Å²) < 4.78 is 12.5. The average Bonchev–Trinajstić information content (AvgIpc) is 3.35. The second-order valence-electron chi connectivity index (χ2n) is 9.94. The summed E-state index contributed by atoms with van der Waals surface area (Å²) in [7, 11) is 0. The van der Waals surface area contributed by atoms with Gasteiger partial charge in [-0.15, -0.1) is 0 Å². The van der Waals surface area contributed by atoms with Crippen molar-refractivity contribution in [2.75, 3.05) is 13.2 Å². The minimum Gasteiger partial charge on any atom is -0.487 e. The maximum absolute atomic E-state index is 6.54. The highest BCUT2D eigenvalue weighted by molar-refractivity contribution is 5.81. The molecule has 5 nitrogen and oxygen atoms in total. The molecule has 0 aromatic heterocycles. The standard InChI is InChI=1S/C24H35N3O2/c1-4-25-22(27-20-17-11-14-28-21(17)23(20,2)3)26-18-15-24(12-7-8-13-24)29-19-10-6-5-9-16(18)19/h5-6,9-10,17-18,20-21H,4,7-8,11-15H2,1-3H3,(H2,25,26,27). The Morgan fingerprint density at radius 1 is 1.17 bits per heavy atom. The van der Waals surface area contributed by atoms with Crippen molar-refractivity contribution in [3.05, 3.63) is 29.8 Å². The lowest BCUT2D eigenvalue weighted by Gasteiger charge is -2.55. The Labute approximate surface area is 174 Å². The fraction of sp³-hybridized carbons (Fsp3) is 0.708. The van der Waals surface area contributed by atoms with Crippen molar-refractivity contribution < 1.29 is 9.47 Å². The van der Waals surface area contributed by atoms with Crippen LogP contribution in [0.25, 0.3) is 0 Å². The Bertz CT molecular complexity index is 784. The van der Waals surface area contributed by atoms with E-state index in [2.05, 4.69) is 55.7 Å². The highest BCUT2D eigenvalue weighted by atomic mass is 16.5. The third-order valence-corrected chi connectivity index (χ3v) is 7.73. The molecule has 0 amide bonds. The molecule has 5 heteroatoms. The molecule has 4 unspecified atom stereocenters.